The highest BCUT2D eigenvalue weighted by atomic mass is 32.1. The molecule has 0 aliphatic rings. The van der Waals surface area contributed by atoms with Gasteiger partial charge in [0.25, 0.3) is 0 Å². The van der Waals surface area contributed by atoms with Gasteiger partial charge in [0.15, 0.2) is 0 Å². The molecule has 0 saturated heterocycles. The van der Waals surface area contributed by atoms with Crippen LogP contribution in [0.25, 0.3) is 0 Å². The molecule has 1 aromatic rings. The summed E-state index contributed by atoms with van der Waals surface area (Å²) < 4.78 is 5.26. The normalized spacial score (nSPS) is 13.1. The van der Waals surface area contributed by atoms with Gasteiger partial charge in [0.2, 0.25) is 11.8 Å². The van der Waals surface area contributed by atoms with Crippen LogP contribution in [0.15, 0.2) is 24.3 Å². The number of benzene rings is 1. The van der Waals surface area contributed by atoms with Crippen molar-refractivity contribution in [3.05, 3.63) is 35.4 Å². The van der Waals surface area contributed by atoms with E-state index in [-0.39, 0.29) is 24.8 Å². The minimum atomic E-state index is -1.03. The van der Waals surface area contributed by atoms with Crippen LogP contribution in [-0.4, -0.2) is 65.0 Å². The number of hydrogen-bond acceptors (Lipinski definition) is 6. The van der Waals surface area contributed by atoms with Gasteiger partial charge in [0, 0.05) is 18.8 Å². The first kappa shape index (κ1) is 28.8. The Kier molecular flexibility index (Phi) is 12.3. The van der Waals surface area contributed by atoms with E-state index in [2.05, 4.69) is 23.3 Å². The summed E-state index contributed by atoms with van der Waals surface area (Å²) in [6, 6.07) is 5.47. The van der Waals surface area contributed by atoms with Crippen molar-refractivity contribution in [3.63, 3.8) is 0 Å². The monoisotopic (exact) mass is 481 g/mol. The molecular weight excluding hydrogens is 442 g/mol. The van der Waals surface area contributed by atoms with Crippen molar-refractivity contribution in [2.24, 2.45) is 0 Å². The van der Waals surface area contributed by atoms with E-state index >= 15 is 0 Å². The molecule has 0 saturated carbocycles. The Morgan fingerprint density at radius 1 is 1.15 bits per heavy atom. The van der Waals surface area contributed by atoms with E-state index in [1.807, 2.05) is 38.1 Å². The molecule has 2 atom stereocenters. The molecule has 0 radical (unpaired) electrons. The average molecular weight is 482 g/mol. The van der Waals surface area contributed by atoms with Crippen LogP contribution in [0, 0.1) is 0 Å². The summed E-state index contributed by atoms with van der Waals surface area (Å²) in [6.45, 7) is 9.27. The van der Waals surface area contributed by atoms with E-state index in [0.29, 0.717) is 12.1 Å². The van der Waals surface area contributed by atoms with Gasteiger partial charge in [-0.05, 0) is 44.7 Å². The van der Waals surface area contributed by atoms with E-state index in [1.165, 1.54) is 4.90 Å². The molecule has 3 amide bonds. The van der Waals surface area contributed by atoms with Gasteiger partial charge in [0.05, 0.1) is 6.61 Å². The van der Waals surface area contributed by atoms with E-state index < -0.39 is 29.7 Å². The van der Waals surface area contributed by atoms with Crippen LogP contribution in [0.4, 0.5) is 4.79 Å². The number of thiol groups is 1. The van der Waals surface area contributed by atoms with Gasteiger partial charge in [-0.3, -0.25) is 9.59 Å². The van der Waals surface area contributed by atoms with Gasteiger partial charge < -0.3 is 25.4 Å². The Hall–Kier alpha value is -2.26. The minimum Gasteiger partial charge on any atom is -0.444 e. The van der Waals surface area contributed by atoms with Gasteiger partial charge in [0.1, 0.15) is 17.7 Å². The van der Waals surface area contributed by atoms with Crippen LogP contribution >= 0.6 is 12.6 Å². The molecule has 9 heteroatoms. The summed E-state index contributed by atoms with van der Waals surface area (Å²) in [5.41, 5.74) is 0.990. The fourth-order valence-electron chi connectivity index (χ4n) is 3.20. The van der Waals surface area contributed by atoms with Gasteiger partial charge in [-0.2, -0.15) is 12.6 Å². The zero-order valence-electron chi connectivity index (χ0n) is 20.4. The zero-order chi connectivity index (χ0) is 25.0. The van der Waals surface area contributed by atoms with Crippen LogP contribution in [0.5, 0.6) is 0 Å². The Labute approximate surface area is 202 Å². The molecule has 3 N–H and O–H groups in total. The van der Waals surface area contributed by atoms with Crippen molar-refractivity contribution in [1.82, 2.24) is 15.5 Å². The Morgan fingerprint density at radius 2 is 1.79 bits per heavy atom. The number of nitrogens with one attached hydrogen (secondary N) is 2. The molecule has 8 nitrogen and oxygen atoms in total. The first-order valence-corrected chi connectivity index (χ1v) is 12.1. The molecule has 0 fully saturated rings. The molecule has 0 spiro atoms. The highest BCUT2D eigenvalue weighted by Crippen LogP contribution is 2.23. The topological polar surface area (TPSA) is 108 Å². The predicted octanol–water partition coefficient (Wildman–Crippen LogP) is 2.85. The largest absolute Gasteiger partial charge is 0.444 e. The maximum atomic E-state index is 13.5. The lowest BCUT2D eigenvalue weighted by Gasteiger charge is -2.33. The molecule has 186 valence electrons. The summed E-state index contributed by atoms with van der Waals surface area (Å²) in [7, 11) is 0. The maximum absolute atomic E-state index is 13.5. The summed E-state index contributed by atoms with van der Waals surface area (Å²) >= 11 is 4.23. The number of aryl methyl sites for hydroxylation is 1. The summed E-state index contributed by atoms with van der Waals surface area (Å²) in [6.07, 6.45) is 1.81. The average Bonchev–Trinajstić information content (AvgIpc) is 2.76. The molecule has 33 heavy (non-hydrogen) atoms. The van der Waals surface area contributed by atoms with Crippen LogP contribution in [-0.2, 0) is 20.7 Å². The third-order valence-corrected chi connectivity index (χ3v) is 5.25. The van der Waals surface area contributed by atoms with Crippen molar-refractivity contribution in [2.45, 2.75) is 71.6 Å². The zero-order valence-corrected chi connectivity index (χ0v) is 21.3. The van der Waals surface area contributed by atoms with Gasteiger partial charge in [-0.15, -0.1) is 0 Å². The number of alkyl carbamates (subject to hydrolysis) is 1. The number of amides is 3. The summed E-state index contributed by atoms with van der Waals surface area (Å²) in [4.78, 5) is 40.2. The quantitative estimate of drug-likeness (QED) is 0.271. The molecule has 0 bridgehead atoms. The third kappa shape index (κ3) is 9.63. The van der Waals surface area contributed by atoms with E-state index in [0.717, 1.165) is 24.8 Å². The second kappa shape index (κ2) is 14.1. The standard InChI is InChI=1S/C24H39N3O5S/c1-6-8-13-25-21(29)20(18-11-9-17(7-2)10-12-18)27(14-15-28)22(30)19(16-33)26-23(31)32-24(3,4)5/h9-12,19-20,28,33H,6-8,13-16H2,1-5H3,(H,25,29)(H,26,31). The number of aliphatic hydroxyl groups excluding tert-OH is 1. The van der Waals surface area contributed by atoms with Crippen LogP contribution in [0.3, 0.4) is 0 Å². The first-order chi connectivity index (χ1) is 15.6. The van der Waals surface area contributed by atoms with Crippen molar-refractivity contribution >= 4 is 30.5 Å². The Morgan fingerprint density at radius 3 is 2.27 bits per heavy atom. The number of carbonyl (C=O) groups excluding carboxylic acids is 3. The second-order valence-electron chi connectivity index (χ2n) is 8.78. The molecule has 2 unspecified atom stereocenters. The Bertz CT molecular complexity index is 764. The van der Waals surface area contributed by atoms with E-state index in [1.54, 1.807) is 20.8 Å². The molecule has 0 heterocycles. The number of carbonyl (C=O) groups is 3. The molecule has 0 aliphatic heterocycles. The van der Waals surface area contributed by atoms with Crippen LogP contribution in [0.1, 0.15) is 64.6 Å². The van der Waals surface area contributed by atoms with Crippen molar-refractivity contribution < 1.29 is 24.2 Å². The van der Waals surface area contributed by atoms with Gasteiger partial charge in [-0.25, -0.2) is 4.79 Å². The molecule has 1 rings (SSSR count). The van der Waals surface area contributed by atoms with Crippen molar-refractivity contribution in [3.8, 4) is 0 Å². The lowest BCUT2D eigenvalue weighted by atomic mass is 10.0. The number of unbranched alkanes of at least 4 members (excludes halogenated alkanes) is 1. The third-order valence-electron chi connectivity index (χ3n) is 4.89. The molecular formula is C24H39N3O5S. The van der Waals surface area contributed by atoms with Crippen LogP contribution < -0.4 is 10.6 Å². The Balaban J connectivity index is 3.26. The van der Waals surface area contributed by atoms with Gasteiger partial charge >= 0.3 is 6.09 Å². The van der Waals surface area contributed by atoms with E-state index in [4.69, 9.17) is 4.74 Å². The predicted molar refractivity (Wildman–Crippen MR) is 132 cm³/mol. The smallest absolute Gasteiger partial charge is 0.408 e. The molecule has 0 aromatic heterocycles. The summed E-state index contributed by atoms with van der Waals surface area (Å²) in [5, 5.41) is 15.1. The lowest BCUT2D eigenvalue weighted by Crippen LogP contribution is -2.54. The highest BCUT2D eigenvalue weighted by Gasteiger charge is 2.35. The minimum absolute atomic E-state index is 0.00104. The first-order valence-electron chi connectivity index (χ1n) is 11.5. The van der Waals surface area contributed by atoms with Crippen molar-refractivity contribution in [2.75, 3.05) is 25.4 Å². The van der Waals surface area contributed by atoms with Crippen molar-refractivity contribution in [1.29, 1.82) is 0 Å². The van der Waals surface area contributed by atoms with Crippen LogP contribution in [0.2, 0.25) is 0 Å². The highest BCUT2D eigenvalue weighted by molar-refractivity contribution is 7.80. The second-order valence-corrected chi connectivity index (χ2v) is 9.14. The number of hydrogen-bond donors (Lipinski definition) is 4. The van der Waals surface area contributed by atoms with E-state index in [9.17, 15) is 19.5 Å². The molecule has 1 aromatic carbocycles. The fourth-order valence-corrected chi connectivity index (χ4v) is 3.45. The lowest BCUT2D eigenvalue weighted by molar-refractivity contribution is -0.142. The number of rotatable bonds is 12. The number of nitrogens with zero attached hydrogens (tertiary/aromatic N) is 1. The number of ether oxygens (including phenoxy) is 1. The van der Waals surface area contributed by atoms with Gasteiger partial charge in [-0.1, -0.05) is 44.5 Å². The number of aliphatic hydroxyl groups is 1. The maximum Gasteiger partial charge on any atom is 0.408 e. The SMILES string of the molecule is CCCCNC(=O)C(c1ccc(CC)cc1)N(CCO)C(=O)C(CS)NC(=O)OC(C)(C)C. The fraction of sp³-hybridized carbons (Fsp3) is 0.625. The summed E-state index contributed by atoms with van der Waals surface area (Å²) in [5.74, 6) is -0.872. The molecule has 0 aliphatic carbocycles.